The Morgan fingerprint density at radius 1 is 1.27 bits per heavy atom. The van der Waals surface area contributed by atoms with E-state index in [2.05, 4.69) is 5.32 Å². The molecule has 1 aliphatic heterocycles. The number of hydrogen-bond acceptors (Lipinski definition) is 4. The second-order valence-electron chi connectivity index (χ2n) is 6.05. The Morgan fingerprint density at radius 3 is 2.73 bits per heavy atom. The standard InChI is InChI=1S/C17H21NO4/c1-21-14-8-4-3-7-13(14)18-16(20)12-11-15(19)22-17(12)9-5-2-6-10-17/h3-4,7-8,12H,2,5-6,9-11H2,1H3,(H,18,20)/t12-/m1/s1. The molecule has 2 aliphatic rings. The quantitative estimate of drug-likeness (QED) is 0.872. The number of para-hydroxylation sites is 2. The van der Waals surface area contributed by atoms with E-state index >= 15 is 0 Å². The molecule has 1 amide bonds. The first kappa shape index (κ1) is 14.9. The van der Waals surface area contributed by atoms with Gasteiger partial charge >= 0.3 is 5.97 Å². The number of nitrogens with one attached hydrogen (secondary N) is 1. The van der Waals surface area contributed by atoms with Gasteiger partial charge in [-0.25, -0.2) is 0 Å². The van der Waals surface area contributed by atoms with Gasteiger partial charge in [-0.2, -0.15) is 0 Å². The smallest absolute Gasteiger partial charge is 0.307 e. The van der Waals surface area contributed by atoms with Crippen molar-refractivity contribution in [2.45, 2.75) is 44.1 Å². The molecule has 1 aromatic rings. The van der Waals surface area contributed by atoms with Crippen molar-refractivity contribution in [3.05, 3.63) is 24.3 Å². The fraction of sp³-hybridized carbons (Fsp3) is 0.529. The van der Waals surface area contributed by atoms with Crippen LogP contribution in [0.4, 0.5) is 5.69 Å². The lowest BCUT2D eigenvalue weighted by molar-refractivity contribution is -0.153. The van der Waals surface area contributed by atoms with Crippen LogP contribution in [0, 0.1) is 5.92 Å². The van der Waals surface area contributed by atoms with E-state index in [1.807, 2.05) is 12.1 Å². The van der Waals surface area contributed by atoms with E-state index in [-0.39, 0.29) is 18.3 Å². The maximum atomic E-state index is 12.7. The Morgan fingerprint density at radius 2 is 2.00 bits per heavy atom. The van der Waals surface area contributed by atoms with Gasteiger partial charge < -0.3 is 14.8 Å². The Bertz CT molecular complexity index is 578. The van der Waals surface area contributed by atoms with Crippen molar-refractivity contribution in [2.75, 3.05) is 12.4 Å². The summed E-state index contributed by atoms with van der Waals surface area (Å²) in [6.07, 6.45) is 4.88. The van der Waals surface area contributed by atoms with Crippen LogP contribution < -0.4 is 10.1 Å². The van der Waals surface area contributed by atoms with E-state index < -0.39 is 11.5 Å². The number of methoxy groups -OCH3 is 1. The van der Waals surface area contributed by atoms with E-state index in [1.165, 1.54) is 0 Å². The fourth-order valence-corrected chi connectivity index (χ4v) is 3.59. The van der Waals surface area contributed by atoms with Crippen LogP contribution in [-0.2, 0) is 14.3 Å². The van der Waals surface area contributed by atoms with E-state index in [0.29, 0.717) is 11.4 Å². The second-order valence-corrected chi connectivity index (χ2v) is 6.05. The maximum absolute atomic E-state index is 12.7. The average Bonchev–Trinajstić information content (AvgIpc) is 2.84. The second kappa shape index (κ2) is 5.99. The molecule has 1 atom stereocenters. The summed E-state index contributed by atoms with van der Waals surface area (Å²) < 4.78 is 10.8. The van der Waals surface area contributed by atoms with Gasteiger partial charge in [0.2, 0.25) is 5.91 Å². The Hall–Kier alpha value is -2.04. The zero-order valence-corrected chi connectivity index (χ0v) is 12.8. The summed E-state index contributed by atoms with van der Waals surface area (Å²) in [6, 6.07) is 7.27. The molecule has 22 heavy (non-hydrogen) atoms. The molecule has 0 radical (unpaired) electrons. The van der Waals surface area contributed by atoms with E-state index in [9.17, 15) is 9.59 Å². The lowest BCUT2D eigenvalue weighted by Crippen LogP contribution is -2.43. The number of esters is 1. The lowest BCUT2D eigenvalue weighted by Gasteiger charge is -2.36. The number of anilines is 1. The van der Waals surface area contributed by atoms with Crippen LogP contribution in [0.25, 0.3) is 0 Å². The molecule has 1 saturated heterocycles. The summed E-state index contributed by atoms with van der Waals surface area (Å²) in [6.45, 7) is 0. The molecule has 1 saturated carbocycles. The monoisotopic (exact) mass is 303 g/mol. The summed E-state index contributed by atoms with van der Waals surface area (Å²) in [7, 11) is 1.57. The zero-order chi connectivity index (χ0) is 15.6. The van der Waals surface area contributed by atoms with Gasteiger partial charge in [0.1, 0.15) is 11.4 Å². The largest absolute Gasteiger partial charge is 0.495 e. The van der Waals surface area contributed by atoms with Crippen LogP contribution in [-0.4, -0.2) is 24.6 Å². The highest BCUT2D eigenvalue weighted by atomic mass is 16.6. The molecular formula is C17H21NO4. The number of carbonyl (C=O) groups is 2. The van der Waals surface area contributed by atoms with Crippen LogP contribution >= 0.6 is 0 Å². The van der Waals surface area contributed by atoms with Crippen LogP contribution in [0.15, 0.2) is 24.3 Å². The van der Waals surface area contributed by atoms with E-state index in [4.69, 9.17) is 9.47 Å². The van der Waals surface area contributed by atoms with Gasteiger partial charge in [0.25, 0.3) is 0 Å². The van der Waals surface area contributed by atoms with Gasteiger partial charge in [-0.3, -0.25) is 9.59 Å². The van der Waals surface area contributed by atoms with Gasteiger partial charge in [0.05, 0.1) is 25.1 Å². The number of rotatable bonds is 3. The molecule has 0 bridgehead atoms. The minimum atomic E-state index is -0.596. The van der Waals surface area contributed by atoms with Crippen molar-refractivity contribution in [1.82, 2.24) is 0 Å². The third-order valence-electron chi connectivity index (χ3n) is 4.70. The molecule has 2 fully saturated rings. The summed E-state index contributed by atoms with van der Waals surface area (Å²) in [5, 5.41) is 2.90. The van der Waals surface area contributed by atoms with Gasteiger partial charge in [-0.15, -0.1) is 0 Å². The first-order valence-corrected chi connectivity index (χ1v) is 7.80. The summed E-state index contributed by atoms with van der Waals surface area (Å²) in [5.74, 6) is -0.219. The van der Waals surface area contributed by atoms with Crippen molar-refractivity contribution in [3.63, 3.8) is 0 Å². The molecule has 1 spiro atoms. The molecule has 0 unspecified atom stereocenters. The van der Waals surface area contributed by atoms with Gasteiger partial charge in [0.15, 0.2) is 0 Å². The van der Waals surface area contributed by atoms with Crippen LogP contribution in [0.1, 0.15) is 38.5 Å². The van der Waals surface area contributed by atoms with Crippen molar-refractivity contribution in [2.24, 2.45) is 5.92 Å². The third-order valence-corrected chi connectivity index (χ3v) is 4.70. The average molecular weight is 303 g/mol. The van der Waals surface area contributed by atoms with E-state index in [1.54, 1.807) is 19.2 Å². The number of amides is 1. The van der Waals surface area contributed by atoms with Gasteiger partial charge in [-0.1, -0.05) is 18.6 Å². The number of hydrogen-bond donors (Lipinski definition) is 1. The zero-order valence-electron chi connectivity index (χ0n) is 12.8. The predicted octanol–water partition coefficient (Wildman–Crippen LogP) is 2.90. The Labute approximate surface area is 130 Å². The molecule has 1 aliphatic carbocycles. The van der Waals surface area contributed by atoms with Crippen molar-refractivity contribution >= 4 is 17.6 Å². The molecule has 0 aromatic heterocycles. The van der Waals surface area contributed by atoms with Crippen LogP contribution in [0.5, 0.6) is 5.75 Å². The topological polar surface area (TPSA) is 64.6 Å². The number of ether oxygens (including phenoxy) is 2. The fourth-order valence-electron chi connectivity index (χ4n) is 3.59. The highest BCUT2D eigenvalue weighted by molar-refractivity contribution is 5.98. The minimum Gasteiger partial charge on any atom is -0.495 e. The minimum absolute atomic E-state index is 0.155. The predicted molar refractivity (Wildman–Crippen MR) is 81.6 cm³/mol. The molecule has 5 nitrogen and oxygen atoms in total. The number of carbonyl (C=O) groups excluding carboxylic acids is 2. The first-order chi connectivity index (χ1) is 10.6. The lowest BCUT2D eigenvalue weighted by atomic mass is 9.75. The molecule has 3 rings (SSSR count). The molecule has 1 heterocycles. The molecular weight excluding hydrogens is 282 g/mol. The van der Waals surface area contributed by atoms with Crippen LogP contribution in [0.2, 0.25) is 0 Å². The third kappa shape index (κ3) is 2.67. The van der Waals surface area contributed by atoms with Gasteiger partial charge in [0, 0.05) is 0 Å². The highest BCUT2D eigenvalue weighted by Crippen LogP contribution is 2.44. The highest BCUT2D eigenvalue weighted by Gasteiger charge is 2.52. The van der Waals surface area contributed by atoms with Crippen molar-refractivity contribution < 1.29 is 19.1 Å². The maximum Gasteiger partial charge on any atom is 0.307 e. The SMILES string of the molecule is COc1ccccc1NC(=O)[C@H]1CC(=O)OC12CCCCC2. The van der Waals surface area contributed by atoms with Crippen molar-refractivity contribution in [1.29, 1.82) is 0 Å². The van der Waals surface area contributed by atoms with Crippen LogP contribution in [0.3, 0.4) is 0 Å². The van der Waals surface area contributed by atoms with Crippen molar-refractivity contribution in [3.8, 4) is 5.75 Å². The summed E-state index contributed by atoms with van der Waals surface area (Å²) in [4.78, 5) is 24.5. The summed E-state index contributed by atoms with van der Waals surface area (Å²) in [5.41, 5.74) is 0.0295. The molecule has 1 aromatic carbocycles. The molecule has 118 valence electrons. The Balaban J connectivity index is 1.80. The van der Waals surface area contributed by atoms with E-state index in [0.717, 1.165) is 32.1 Å². The number of benzene rings is 1. The Kier molecular flexibility index (Phi) is 4.05. The summed E-state index contributed by atoms with van der Waals surface area (Å²) >= 11 is 0. The molecule has 5 heteroatoms. The first-order valence-electron chi connectivity index (χ1n) is 7.80. The normalized spacial score (nSPS) is 23.1. The molecule has 1 N–H and O–H groups in total. The van der Waals surface area contributed by atoms with Gasteiger partial charge in [-0.05, 0) is 37.8 Å².